The van der Waals surface area contributed by atoms with Crippen LogP contribution in [0.2, 0.25) is 0 Å². The van der Waals surface area contributed by atoms with Crippen LogP contribution in [-0.2, 0) is 24.8 Å². The molecule has 0 bridgehead atoms. The Morgan fingerprint density at radius 3 is 2.83 bits per heavy atom. The van der Waals surface area contributed by atoms with Gasteiger partial charge >= 0.3 is 20.1 Å². The van der Waals surface area contributed by atoms with Crippen molar-refractivity contribution in [3.8, 4) is 0 Å². The average Bonchev–Trinajstić information content (AvgIpc) is 3.59. The van der Waals surface area contributed by atoms with Gasteiger partial charge in [0.2, 0.25) is 0 Å². The van der Waals surface area contributed by atoms with Gasteiger partial charge in [-0.05, 0) is 85.7 Å². The van der Waals surface area contributed by atoms with Gasteiger partial charge in [-0.25, -0.2) is 16.6 Å². The predicted molar refractivity (Wildman–Crippen MR) is 166 cm³/mol. The van der Waals surface area contributed by atoms with Crippen LogP contribution < -0.4 is 0 Å². The van der Waals surface area contributed by atoms with Gasteiger partial charge in [-0.15, -0.1) is 30.3 Å². The second-order valence-corrected chi connectivity index (χ2v) is 13.2. The second-order valence-electron chi connectivity index (χ2n) is 12.0. The second kappa shape index (κ2) is 12.9. The molecule has 1 fully saturated rings. The predicted octanol–water partition coefficient (Wildman–Crippen LogP) is 8.88. The normalized spacial score (nSPS) is 36.3. The first-order valence-corrected chi connectivity index (χ1v) is 16.1. The summed E-state index contributed by atoms with van der Waals surface area (Å²) in [6.07, 6.45) is 31.7. The zero-order valence-corrected chi connectivity index (χ0v) is 26.9. The van der Waals surface area contributed by atoms with E-state index in [9.17, 15) is 0 Å². The first kappa shape index (κ1) is 25.7. The van der Waals surface area contributed by atoms with Crippen molar-refractivity contribution in [2.24, 2.45) is 27.7 Å². The van der Waals surface area contributed by atoms with E-state index in [1.54, 1.807) is 16.6 Å². The van der Waals surface area contributed by atoms with Gasteiger partial charge in [-0.1, -0.05) is 61.4 Å². The molecule has 4 nitrogen and oxygen atoms in total. The minimum atomic E-state index is -2.20. The molecule has 1 saturated heterocycles. The first-order chi connectivity index (χ1) is 20.8. The van der Waals surface area contributed by atoms with E-state index < -0.39 is 13.1 Å². The van der Waals surface area contributed by atoms with Crippen LogP contribution in [0.15, 0.2) is 79.0 Å². The van der Waals surface area contributed by atoms with Crippen molar-refractivity contribution >= 4 is 23.7 Å². The molecule has 4 unspecified atom stereocenters. The molecule has 8 aliphatic rings. The molecule has 3 aliphatic carbocycles. The Kier molecular flexibility index (Phi) is 8.09. The van der Waals surface area contributed by atoms with E-state index in [0.717, 1.165) is 37.0 Å². The van der Waals surface area contributed by atoms with Gasteiger partial charge in [0, 0.05) is 15.7 Å². The molecule has 0 aromatic carbocycles. The summed E-state index contributed by atoms with van der Waals surface area (Å²) < 4.78 is 29.2. The van der Waals surface area contributed by atoms with E-state index in [1.165, 1.54) is 61.8 Å². The topological polar surface area (TPSA) is 48.1 Å². The van der Waals surface area contributed by atoms with Crippen molar-refractivity contribution in [3.63, 3.8) is 0 Å². The molecule has 0 aromatic heterocycles. The maximum absolute atomic E-state index is 7.65. The zero-order chi connectivity index (χ0) is 29.6. The van der Waals surface area contributed by atoms with Gasteiger partial charge in [0.15, 0.2) is 6.23 Å². The summed E-state index contributed by atoms with van der Waals surface area (Å²) in [4.78, 5) is 10.5. The van der Waals surface area contributed by atoms with Crippen molar-refractivity contribution in [1.82, 2.24) is 0 Å². The Morgan fingerprint density at radius 2 is 2.00 bits per heavy atom. The Hall–Kier alpha value is -1.72. The molecular weight excluding hydrogens is 703 g/mol. The third-order valence-electron chi connectivity index (χ3n) is 9.16. The van der Waals surface area contributed by atoms with Gasteiger partial charge in [-0.2, -0.15) is 11.6 Å². The van der Waals surface area contributed by atoms with E-state index in [4.69, 9.17) is 14.2 Å². The van der Waals surface area contributed by atoms with Gasteiger partial charge < -0.3 is 15.0 Å². The van der Waals surface area contributed by atoms with Crippen LogP contribution in [0.3, 0.4) is 0 Å². The monoisotopic (exact) mass is 746 g/mol. The van der Waals surface area contributed by atoms with Crippen molar-refractivity contribution in [2.45, 2.75) is 102 Å². The molecule has 6 atom stereocenters. The number of ether oxygens (including phenoxy) is 1. The minimum Gasteiger partial charge on any atom is -0.642 e. The number of hydrogen-bond acceptors (Lipinski definition) is 4. The number of thioether (sulfide) groups is 1. The van der Waals surface area contributed by atoms with E-state index in [1.807, 2.05) is 17.8 Å². The van der Waals surface area contributed by atoms with Crippen LogP contribution in [0.5, 0.6) is 0 Å². The standard InChI is InChI=1S/C23H24N2OS.C12H16N.Ir/c1-13-9-10-16-15-6-4-7-18(21(15)26-22(16)24-13)19-12-11-17-14-5-2-3-8-20(14)27-23(17)25-19;1-10-7-8-12(13-9-10)11-5-3-2-4-6-11;/h4,9-11,15-16,19,22-23H,2-3,5-6,8,12H2,1H3;8-10H,2-5,7H2,1H3;/q-2;-1;+3/t15?,16?,19?,22?,23-;10-;/m10./s1/i1D3;;. The number of aliphatic imine (C=N–C) groups is 2. The SMILES string of the molecule is C[C@@H]1C=NC(C2=[C-]CCCC2)=CC1.[2H]C([2H])([2H])C1=NC2OC3=C(C4CC=C5C6=C(CCCC6)S[C@H]5[N-]4)[C-]=CCC3C2C=C1.[Ir+3]. The fourth-order valence-electron chi connectivity index (χ4n) is 6.99. The first-order valence-electron chi connectivity index (χ1n) is 16.7. The van der Waals surface area contributed by atoms with Crippen molar-refractivity contribution in [2.75, 3.05) is 0 Å². The van der Waals surface area contributed by atoms with E-state index in [2.05, 4.69) is 53.5 Å². The molecule has 216 valence electrons. The maximum Gasteiger partial charge on any atom is 3.00 e. The maximum atomic E-state index is 7.65. The quantitative estimate of drug-likeness (QED) is 0.265. The number of allylic oxidation sites excluding steroid dienone is 7. The largest absolute Gasteiger partial charge is 3.00 e. The Bertz CT molecular complexity index is 1430. The Labute approximate surface area is 268 Å². The number of dihydropyridines is 1. The summed E-state index contributed by atoms with van der Waals surface area (Å²) in [7, 11) is 0. The van der Waals surface area contributed by atoms with E-state index in [0.29, 0.717) is 5.92 Å². The zero-order valence-electron chi connectivity index (χ0n) is 26.7. The van der Waals surface area contributed by atoms with Crippen LogP contribution in [0.4, 0.5) is 0 Å². The number of rotatable bonds is 2. The molecule has 41 heavy (non-hydrogen) atoms. The van der Waals surface area contributed by atoms with Gasteiger partial charge in [-0.3, -0.25) is 6.08 Å². The number of fused-ring (bicyclic) bond motifs is 5. The molecule has 6 heteroatoms. The van der Waals surface area contributed by atoms with Crippen molar-refractivity contribution < 1.29 is 29.0 Å². The molecule has 0 amide bonds. The number of hydrogen-bond donors (Lipinski definition) is 0. The van der Waals surface area contributed by atoms with E-state index >= 15 is 0 Å². The van der Waals surface area contributed by atoms with Crippen molar-refractivity contribution in [1.29, 1.82) is 0 Å². The van der Waals surface area contributed by atoms with Crippen LogP contribution in [0.25, 0.3) is 5.32 Å². The molecule has 5 heterocycles. The summed E-state index contributed by atoms with van der Waals surface area (Å²) in [6, 6.07) is 0.0526. The molecule has 0 saturated carbocycles. The van der Waals surface area contributed by atoms with Gasteiger partial charge in [0.05, 0.1) is 0 Å². The molecular formula is C35H40IrN3OS. The molecule has 0 radical (unpaired) electrons. The molecule has 0 N–H and O–H groups in total. The Balaban J connectivity index is 0.000000207. The fourth-order valence-corrected chi connectivity index (χ4v) is 8.46. The summed E-state index contributed by atoms with van der Waals surface area (Å²) in [6.45, 7) is 0.00162. The molecule has 0 spiro atoms. The van der Waals surface area contributed by atoms with Crippen LogP contribution in [0.1, 0.15) is 88.5 Å². The Morgan fingerprint density at radius 1 is 1.10 bits per heavy atom. The summed E-state index contributed by atoms with van der Waals surface area (Å²) >= 11 is 1.94. The van der Waals surface area contributed by atoms with Gasteiger partial charge in [0.1, 0.15) is 0 Å². The number of nitrogens with zero attached hydrogens (tertiary/aromatic N) is 3. The summed E-state index contributed by atoms with van der Waals surface area (Å²) in [5, 5.41) is 5.43. The summed E-state index contributed by atoms with van der Waals surface area (Å²) in [5.74, 6) is 1.84. The average molecular weight is 746 g/mol. The van der Waals surface area contributed by atoms with Crippen LogP contribution in [-0.4, -0.2) is 29.6 Å². The third kappa shape index (κ3) is 6.05. The van der Waals surface area contributed by atoms with Crippen LogP contribution in [0, 0.1) is 29.9 Å². The third-order valence-corrected chi connectivity index (χ3v) is 10.5. The molecule has 5 aliphatic heterocycles. The summed E-state index contributed by atoms with van der Waals surface area (Å²) in [5.41, 5.74) is 6.74. The minimum absolute atomic E-state index is 0. The fraction of sp³-hybridized carbons (Fsp3) is 0.543. The van der Waals surface area contributed by atoms with E-state index in [-0.39, 0.29) is 49.1 Å². The molecule has 8 rings (SSSR count). The van der Waals surface area contributed by atoms with Crippen LogP contribution >= 0.6 is 11.8 Å². The van der Waals surface area contributed by atoms with Gasteiger partial charge in [0.25, 0.3) is 0 Å². The smallest absolute Gasteiger partial charge is 0.642 e. The van der Waals surface area contributed by atoms with Crippen molar-refractivity contribution in [3.05, 3.63) is 86.5 Å². The molecule has 0 aromatic rings.